The first-order valence-electron chi connectivity index (χ1n) is 25.1. The largest absolute Gasteiger partial charge is 0.507 e. The van der Waals surface area contributed by atoms with E-state index in [0.717, 1.165) is 80.8 Å². The van der Waals surface area contributed by atoms with Gasteiger partial charge < -0.3 is 30.3 Å². The highest BCUT2D eigenvalue weighted by molar-refractivity contribution is 14.1. The first kappa shape index (κ1) is 45.0. The molecular formula is C56H64I2N2O6. The lowest BCUT2D eigenvalue weighted by molar-refractivity contribution is -0.0171. The number of phenolic OH excluding ortho intramolecular Hbond substituents is 2. The van der Waals surface area contributed by atoms with E-state index in [1.54, 1.807) is 0 Å². The fourth-order valence-corrected chi connectivity index (χ4v) is 16.5. The molecule has 0 radical (unpaired) electrons. The summed E-state index contributed by atoms with van der Waals surface area (Å²) in [6, 6.07) is 16.1. The summed E-state index contributed by atoms with van der Waals surface area (Å²) in [4.78, 5) is 29.4. The van der Waals surface area contributed by atoms with Gasteiger partial charge in [0.2, 0.25) is 0 Å². The lowest BCUT2D eigenvalue weighted by atomic mass is 9.53. The van der Waals surface area contributed by atoms with E-state index in [0.29, 0.717) is 119 Å². The van der Waals surface area contributed by atoms with Gasteiger partial charge in [-0.2, -0.15) is 0 Å². The molecule has 8 saturated carbocycles. The molecule has 9 aliphatic carbocycles. The van der Waals surface area contributed by atoms with Gasteiger partial charge in [0.05, 0.1) is 13.2 Å². The summed E-state index contributed by atoms with van der Waals surface area (Å²) in [5.41, 5.74) is 7.08. The number of nitrogens with one attached hydrogen (secondary N) is 2. The van der Waals surface area contributed by atoms with Crippen molar-refractivity contribution in [2.45, 2.75) is 141 Å². The first-order chi connectivity index (χ1) is 31.8. The van der Waals surface area contributed by atoms with Crippen LogP contribution in [0.5, 0.6) is 23.0 Å². The second-order valence-corrected chi connectivity index (χ2v) is 24.6. The standard InChI is InChI=1S/C56H64I2N2O6/c1-3-5-65-51-41-13-37-17-45(53(63)59-55-25-31-7-32(26-55)9-33(8-31)27-55)19-39(49(37)61)15-43-23-48(58)24-44(52(43)66-6-4-2)16-40-20-46(18-38(50(40)62)14-42(51)22-47(57)21-41)54(64)60-56-28-34-10-35(29-56)12-36(11-34)30-56/h17-24,31-36,61-62H,3-16,25-30H2,1-2H3,(H,59,63)(H,60,64). The summed E-state index contributed by atoms with van der Waals surface area (Å²) in [7, 11) is 0. The van der Waals surface area contributed by atoms with Gasteiger partial charge >= 0.3 is 0 Å². The Balaban J connectivity index is 1.04. The second-order valence-electron chi connectivity index (χ2n) is 22.1. The summed E-state index contributed by atoms with van der Waals surface area (Å²) in [5.74, 6) is 5.82. The minimum absolute atomic E-state index is 0.0672. The van der Waals surface area contributed by atoms with Crippen molar-refractivity contribution in [1.82, 2.24) is 10.6 Å². The van der Waals surface area contributed by atoms with Crippen LogP contribution >= 0.6 is 45.2 Å². The maximum atomic E-state index is 14.7. The Morgan fingerprint density at radius 1 is 0.500 bits per heavy atom. The average Bonchev–Trinajstić information content (AvgIpc) is 3.24. The van der Waals surface area contributed by atoms with E-state index in [9.17, 15) is 19.8 Å². The number of ether oxygens (including phenoxy) is 2. The summed E-state index contributed by atoms with van der Waals surface area (Å²) in [6.45, 7) is 5.16. The zero-order chi connectivity index (χ0) is 45.5. The van der Waals surface area contributed by atoms with Crippen molar-refractivity contribution in [3.63, 3.8) is 0 Å². The molecule has 0 aliphatic heterocycles. The Hall–Kier alpha value is -3.52. The summed E-state index contributed by atoms with van der Waals surface area (Å²) in [6.07, 6.45) is 17.1. The number of rotatable bonds is 10. The van der Waals surface area contributed by atoms with Gasteiger partial charge in [-0.25, -0.2) is 0 Å². The van der Waals surface area contributed by atoms with Crippen LogP contribution in [0.1, 0.15) is 169 Å². The Labute approximate surface area is 417 Å². The third-order valence-electron chi connectivity index (χ3n) is 16.7. The van der Waals surface area contributed by atoms with Gasteiger partial charge in [-0.3, -0.25) is 9.59 Å². The van der Waals surface area contributed by atoms with Crippen LogP contribution in [0.25, 0.3) is 0 Å². The molecular weight excluding hydrogens is 1050 g/mol. The van der Waals surface area contributed by atoms with Crippen molar-refractivity contribution in [2.24, 2.45) is 35.5 Å². The normalized spacial score (nSPS) is 28.8. The molecule has 66 heavy (non-hydrogen) atoms. The molecule has 4 N–H and O–H groups in total. The van der Waals surface area contributed by atoms with Crippen molar-refractivity contribution < 1.29 is 29.3 Å². The SMILES string of the molecule is CCCOc1c2cc(I)cc1Cc1cc(C(=O)NC34CC5CC(CC(C5)C3)C4)cc(c1O)Cc1cc(I)cc(c1OCCC)Cc1cc(C(=O)NC34CC5CC(CC(C5)C3)C4)cc(c1O)C2. The predicted octanol–water partition coefficient (Wildman–Crippen LogP) is 12.0. The number of carbonyl (C=O) groups excluding carboxylic acids is 2. The fourth-order valence-electron chi connectivity index (χ4n) is 15.0. The van der Waals surface area contributed by atoms with Crippen LogP contribution in [-0.2, 0) is 25.7 Å². The topological polar surface area (TPSA) is 117 Å². The van der Waals surface area contributed by atoms with Crippen molar-refractivity contribution >= 4 is 57.0 Å². The maximum Gasteiger partial charge on any atom is 0.251 e. The summed E-state index contributed by atoms with van der Waals surface area (Å²) >= 11 is 4.71. The van der Waals surface area contributed by atoms with Crippen molar-refractivity contribution in [3.05, 3.63) is 111 Å². The number of carbonyl (C=O) groups is 2. The van der Waals surface area contributed by atoms with E-state index in [4.69, 9.17) is 9.47 Å². The molecule has 4 aromatic carbocycles. The lowest BCUT2D eigenvalue weighted by Crippen LogP contribution is -2.59. The molecule has 348 valence electrons. The van der Waals surface area contributed by atoms with Gasteiger partial charge in [0.15, 0.2) is 0 Å². The first-order valence-corrected chi connectivity index (χ1v) is 27.2. The van der Waals surface area contributed by atoms with Crippen LogP contribution in [0.3, 0.4) is 0 Å². The van der Waals surface area contributed by atoms with Crippen molar-refractivity contribution in [3.8, 4) is 23.0 Å². The third-order valence-corrected chi connectivity index (χ3v) is 18.0. The Kier molecular flexibility index (Phi) is 12.1. The third kappa shape index (κ3) is 8.74. The molecule has 0 spiro atoms. The van der Waals surface area contributed by atoms with Crippen LogP contribution in [0.4, 0.5) is 0 Å². The Morgan fingerprint density at radius 2 is 0.773 bits per heavy atom. The monoisotopic (exact) mass is 1110 g/mol. The van der Waals surface area contributed by atoms with Crippen LogP contribution in [0.2, 0.25) is 0 Å². The number of hydrogen-bond acceptors (Lipinski definition) is 6. The number of phenols is 2. The number of amides is 2. The van der Waals surface area contributed by atoms with E-state index >= 15 is 0 Å². The van der Waals surface area contributed by atoms with Gasteiger partial charge in [0, 0.05) is 55.0 Å². The Morgan fingerprint density at radius 3 is 1.03 bits per heavy atom. The molecule has 0 atom stereocenters. The molecule has 8 fully saturated rings. The Bertz CT molecular complexity index is 2260. The van der Waals surface area contributed by atoms with E-state index in [2.05, 4.69) is 93.9 Å². The molecule has 10 heteroatoms. The zero-order valence-corrected chi connectivity index (χ0v) is 42.8. The molecule has 0 aromatic heterocycles. The second kappa shape index (κ2) is 17.8. The minimum Gasteiger partial charge on any atom is -0.507 e. The molecule has 0 unspecified atom stereocenters. The fraction of sp³-hybridized carbons (Fsp3) is 0.536. The van der Waals surface area contributed by atoms with Crippen LogP contribution < -0.4 is 20.1 Å². The lowest BCUT2D eigenvalue weighted by Gasteiger charge is -2.56. The molecule has 9 aliphatic rings. The molecule has 0 heterocycles. The molecule has 8 nitrogen and oxygen atoms in total. The number of benzene rings is 4. The number of halogens is 2. The van der Waals surface area contributed by atoms with E-state index in [-0.39, 0.29) is 34.4 Å². The van der Waals surface area contributed by atoms with Crippen LogP contribution in [0, 0.1) is 42.6 Å². The molecule has 0 saturated heterocycles. The smallest absolute Gasteiger partial charge is 0.251 e. The van der Waals surface area contributed by atoms with Gasteiger partial charge in [-0.05, 0) is 264 Å². The molecule has 16 bridgehead atoms. The molecule has 2 amide bonds. The van der Waals surface area contributed by atoms with Gasteiger partial charge in [-0.15, -0.1) is 0 Å². The number of fused-ring (bicyclic) bond motifs is 8. The van der Waals surface area contributed by atoms with E-state index < -0.39 is 0 Å². The molecule has 4 aromatic rings. The highest BCUT2D eigenvalue weighted by Gasteiger charge is 2.53. The van der Waals surface area contributed by atoms with E-state index in [1.165, 1.54) is 38.5 Å². The average molecular weight is 1110 g/mol. The van der Waals surface area contributed by atoms with Crippen LogP contribution in [-0.4, -0.2) is 46.3 Å². The minimum atomic E-state index is -0.161. The van der Waals surface area contributed by atoms with Gasteiger partial charge in [0.1, 0.15) is 23.0 Å². The van der Waals surface area contributed by atoms with Gasteiger partial charge in [0.25, 0.3) is 11.8 Å². The highest BCUT2D eigenvalue weighted by Crippen LogP contribution is 2.57. The summed E-state index contributed by atoms with van der Waals surface area (Å²) in [5, 5.41) is 32.1. The number of aromatic hydroxyl groups is 2. The van der Waals surface area contributed by atoms with Crippen LogP contribution in [0.15, 0.2) is 48.5 Å². The maximum absolute atomic E-state index is 14.7. The van der Waals surface area contributed by atoms with Crippen molar-refractivity contribution in [1.29, 1.82) is 0 Å². The quantitative estimate of drug-likeness (QED) is 0.104. The number of hydrogen-bond donors (Lipinski definition) is 4. The van der Waals surface area contributed by atoms with Gasteiger partial charge in [-0.1, -0.05) is 13.8 Å². The van der Waals surface area contributed by atoms with E-state index in [1.807, 2.05) is 24.3 Å². The predicted molar refractivity (Wildman–Crippen MR) is 274 cm³/mol. The molecule has 13 rings (SSSR count). The highest BCUT2D eigenvalue weighted by atomic mass is 127. The van der Waals surface area contributed by atoms with Crippen molar-refractivity contribution in [2.75, 3.05) is 13.2 Å². The zero-order valence-electron chi connectivity index (χ0n) is 38.5. The summed E-state index contributed by atoms with van der Waals surface area (Å²) < 4.78 is 15.3.